The van der Waals surface area contributed by atoms with Crippen molar-refractivity contribution in [3.8, 4) is 11.4 Å². The van der Waals surface area contributed by atoms with Gasteiger partial charge < -0.3 is 14.8 Å². The predicted octanol–water partition coefficient (Wildman–Crippen LogP) is 1.60. The summed E-state index contributed by atoms with van der Waals surface area (Å²) in [5.41, 5.74) is 3.03. The first kappa shape index (κ1) is 17.1. The normalized spacial score (nSPS) is 17.0. The molecule has 2 aromatic heterocycles. The van der Waals surface area contributed by atoms with E-state index in [9.17, 15) is 9.59 Å². The summed E-state index contributed by atoms with van der Waals surface area (Å²) in [7, 11) is 1.93. The molecule has 1 aliphatic rings. The third-order valence-corrected chi connectivity index (χ3v) is 4.88. The number of H-pyrrole nitrogens is 1. The summed E-state index contributed by atoms with van der Waals surface area (Å²) in [6, 6.07) is 14.8. The van der Waals surface area contributed by atoms with E-state index in [0.717, 1.165) is 11.3 Å². The monoisotopic (exact) mass is 363 g/mol. The number of piperazine rings is 1. The first-order valence-corrected chi connectivity index (χ1v) is 8.93. The van der Waals surface area contributed by atoms with Gasteiger partial charge >= 0.3 is 0 Å². The largest absolute Gasteiger partial charge is 0.353 e. The highest BCUT2D eigenvalue weighted by molar-refractivity contribution is 5.97. The van der Waals surface area contributed by atoms with Crippen LogP contribution < -0.4 is 5.32 Å². The Morgan fingerprint density at radius 1 is 1.22 bits per heavy atom. The first-order chi connectivity index (χ1) is 13.1. The molecule has 0 radical (unpaired) electrons. The maximum absolute atomic E-state index is 13.1. The van der Waals surface area contributed by atoms with Crippen molar-refractivity contribution in [3.63, 3.8) is 0 Å². The molecule has 2 amide bonds. The summed E-state index contributed by atoms with van der Waals surface area (Å²) in [6.45, 7) is 0.926. The maximum Gasteiger partial charge on any atom is 0.272 e. The van der Waals surface area contributed by atoms with E-state index in [2.05, 4.69) is 15.5 Å². The van der Waals surface area contributed by atoms with Crippen LogP contribution in [0.5, 0.6) is 0 Å². The van der Waals surface area contributed by atoms with Gasteiger partial charge in [0, 0.05) is 32.8 Å². The van der Waals surface area contributed by atoms with Crippen LogP contribution in [0.1, 0.15) is 16.1 Å². The molecule has 7 heteroatoms. The molecule has 0 unspecified atom stereocenters. The third-order valence-electron chi connectivity index (χ3n) is 4.88. The average Bonchev–Trinajstić information content (AvgIpc) is 3.32. The van der Waals surface area contributed by atoms with Crippen LogP contribution in [0.15, 0.2) is 54.7 Å². The second-order valence-corrected chi connectivity index (χ2v) is 6.67. The predicted molar refractivity (Wildman–Crippen MR) is 101 cm³/mol. The van der Waals surface area contributed by atoms with Gasteiger partial charge in [-0.2, -0.15) is 5.10 Å². The fourth-order valence-electron chi connectivity index (χ4n) is 3.44. The molecule has 0 bridgehead atoms. The van der Waals surface area contributed by atoms with Gasteiger partial charge in [-0.1, -0.05) is 30.3 Å². The number of aromatic amines is 1. The van der Waals surface area contributed by atoms with Gasteiger partial charge in [0.1, 0.15) is 17.4 Å². The summed E-state index contributed by atoms with van der Waals surface area (Å²) < 4.78 is 1.94. The van der Waals surface area contributed by atoms with E-state index in [1.165, 1.54) is 0 Å². The molecular weight excluding hydrogens is 342 g/mol. The smallest absolute Gasteiger partial charge is 0.272 e. The Morgan fingerprint density at radius 3 is 2.78 bits per heavy atom. The van der Waals surface area contributed by atoms with Crippen LogP contribution in [0.3, 0.4) is 0 Å². The van der Waals surface area contributed by atoms with Crippen molar-refractivity contribution in [2.75, 3.05) is 13.1 Å². The van der Waals surface area contributed by atoms with E-state index in [1.54, 1.807) is 11.0 Å². The van der Waals surface area contributed by atoms with Crippen LogP contribution >= 0.6 is 0 Å². The molecule has 138 valence electrons. The molecule has 1 saturated heterocycles. The van der Waals surface area contributed by atoms with Gasteiger partial charge in [0.15, 0.2) is 0 Å². The lowest BCUT2D eigenvalue weighted by Crippen LogP contribution is -2.58. The van der Waals surface area contributed by atoms with E-state index in [0.29, 0.717) is 30.9 Å². The topological polar surface area (TPSA) is 83.0 Å². The number of nitrogens with zero attached hydrogens (tertiary/aromatic N) is 3. The summed E-state index contributed by atoms with van der Waals surface area (Å²) >= 11 is 0. The molecule has 3 heterocycles. The fraction of sp³-hybridized carbons (Fsp3) is 0.250. The first-order valence-electron chi connectivity index (χ1n) is 8.93. The highest BCUT2D eigenvalue weighted by atomic mass is 16.2. The van der Waals surface area contributed by atoms with Gasteiger partial charge in [-0.05, 0) is 23.8 Å². The highest BCUT2D eigenvalue weighted by Crippen LogP contribution is 2.20. The van der Waals surface area contributed by atoms with Gasteiger partial charge in [-0.3, -0.25) is 14.7 Å². The minimum atomic E-state index is -0.532. The quantitative estimate of drug-likeness (QED) is 0.739. The molecule has 1 fully saturated rings. The Labute approximate surface area is 157 Å². The zero-order valence-electron chi connectivity index (χ0n) is 15.1. The molecule has 2 N–H and O–H groups in total. The summed E-state index contributed by atoms with van der Waals surface area (Å²) in [5.74, 6) is -0.334. The molecule has 1 atom stereocenters. The summed E-state index contributed by atoms with van der Waals surface area (Å²) in [4.78, 5) is 27.2. The number of rotatable bonds is 4. The summed E-state index contributed by atoms with van der Waals surface area (Å²) in [5, 5.41) is 9.96. The molecule has 0 saturated carbocycles. The Morgan fingerprint density at radius 2 is 2.04 bits per heavy atom. The van der Waals surface area contributed by atoms with Gasteiger partial charge in [-0.15, -0.1) is 0 Å². The molecule has 7 nitrogen and oxygen atoms in total. The minimum Gasteiger partial charge on any atom is -0.353 e. The SMILES string of the molecule is Cn1cccc1-c1cc(C(=O)N2CCNC(=O)[C@@H]2Cc2ccccc2)[nH]n1. The maximum atomic E-state index is 13.1. The Hall–Kier alpha value is -3.35. The number of nitrogens with one attached hydrogen (secondary N) is 2. The van der Waals surface area contributed by atoms with E-state index in [4.69, 9.17) is 0 Å². The van der Waals surface area contributed by atoms with E-state index < -0.39 is 6.04 Å². The number of benzene rings is 1. The molecule has 0 aliphatic carbocycles. The number of carbonyl (C=O) groups is 2. The van der Waals surface area contributed by atoms with Gasteiger partial charge in [-0.25, -0.2) is 0 Å². The average molecular weight is 363 g/mol. The fourth-order valence-corrected chi connectivity index (χ4v) is 3.44. The summed E-state index contributed by atoms with van der Waals surface area (Å²) in [6.07, 6.45) is 2.41. The highest BCUT2D eigenvalue weighted by Gasteiger charge is 2.34. The molecule has 27 heavy (non-hydrogen) atoms. The van der Waals surface area contributed by atoms with Crippen LogP contribution in [0.4, 0.5) is 0 Å². The van der Waals surface area contributed by atoms with Crippen LogP contribution in [-0.4, -0.2) is 50.6 Å². The number of amides is 2. The lowest BCUT2D eigenvalue weighted by Gasteiger charge is -2.34. The van der Waals surface area contributed by atoms with Crippen LogP contribution in [0, 0.1) is 0 Å². The minimum absolute atomic E-state index is 0.124. The number of aryl methyl sites for hydroxylation is 1. The number of hydrogen-bond donors (Lipinski definition) is 2. The Balaban J connectivity index is 1.58. The number of hydrogen-bond acceptors (Lipinski definition) is 3. The van der Waals surface area contributed by atoms with Crippen molar-refractivity contribution in [3.05, 3.63) is 66.0 Å². The molecule has 0 spiro atoms. The molecule has 1 aromatic carbocycles. The van der Waals surface area contributed by atoms with Crippen LogP contribution in [-0.2, 0) is 18.3 Å². The standard InChI is InChI=1S/C20H21N5O2/c1-24-10-5-8-17(24)15-13-16(23-22-15)20(27)25-11-9-21-19(26)18(25)12-14-6-3-2-4-7-14/h2-8,10,13,18H,9,11-12H2,1H3,(H,21,26)(H,22,23)/t18-/m0/s1. The zero-order chi connectivity index (χ0) is 18.8. The second-order valence-electron chi connectivity index (χ2n) is 6.67. The second kappa shape index (κ2) is 7.11. The molecule has 1 aliphatic heterocycles. The van der Waals surface area contributed by atoms with Crippen molar-refractivity contribution < 1.29 is 9.59 Å². The van der Waals surface area contributed by atoms with Crippen molar-refractivity contribution >= 4 is 11.8 Å². The van der Waals surface area contributed by atoms with Gasteiger partial charge in [0.05, 0.1) is 5.69 Å². The van der Waals surface area contributed by atoms with Gasteiger partial charge in [0.2, 0.25) is 5.91 Å². The van der Waals surface area contributed by atoms with E-state index >= 15 is 0 Å². The van der Waals surface area contributed by atoms with Crippen LogP contribution in [0.2, 0.25) is 0 Å². The van der Waals surface area contributed by atoms with E-state index in [1.807, 2.05) is 60.3 Å². The molecule has 4 rings (SSSR count). The lowest BCUT2D eigenvalue weighted by molar-refractivity contribution is -0.127. The lowest BCUT2D eigenvalue weighted by atomic mass is 10.0. The zero-order valence-corrected chi connectivity index (χ0v) is 15.1. The number of carbonyl (C=O) groups excluding carboxylic acids is 2. The molecule has 3 aromatic rings. The van der Waals surface area contributed by atoms with Crippen molar-refractivity contribution in [1.29, 1.82) is 0 Å². The van der Waals surface area contributed by atoms with Crippen molar-refractivity contribution in [2.45, 2.75) is 12.5 Å². The number of aromatic nitrogens is 3. The van der Waals surface area contributed by atoms with Crippen molar-refractivity contribution in [1.82, 2.24) is 25.0 Å². The van der Waals surface area contributed by atoms with E-state index in [-0.39, 0.29) is 11.8 Å². The van der Waals surface area contributed by atoms with Crippen LogP contribution in [0.25, 0.3) is 11.4 Å². The van der Waals surface area contributed by atoms with Crippen molar-refractivity contribution in [2.24, 2.45) is 7.05 Å². The van der Waals surface area contributed by atoms with Gasteiger partial charge in [0.25, 0.3) is 5.91 Å². The molecular formula is C20H21N5O2. The Bertz CT molecular complexity index is 960. The Kier molecular flexibility index (Phi) is 4.50. The third kappa shape index (κ3) is 3.36.